The first-order chi connectivity index (χ1) is 9.40. The smallest absolute Gasteiger partial charge is 0.339 e. The van der Waals surface area contributed by atoms with Gasteiger partial charge in [-0.3, -0.25) is 4.72 Å². The molecule has 1 atom stereocenters. The molecule has 8 heteroatoms. The second-order valence-electron chi connectivity index (χ2n) is 4.92. The average Bonchev–Trinajstić information content (AvgIpc) is 2.38. The molecule has 110 valence electrons. The third-order valence-corrected chi connectivity index (χ3v) is 4.69. The molecule has 0 aliphatic carbocycles. The van der Waals surface area contributed by atoms with Gasteiger partial charge in [0, 0.05) is 19.3 Å². The summed E-state index contributed by atoms with van der Waals surface area (Å²) in [5.41, 5.74) is -0.166. The molecule has 1 saturated heterocycles. The number of anilines is 1. The van der Waals surface area contributed by atoms with Crippen molar-refractivity contribution in [3.8, 4) is 0 Å². The molecule has 0 radical (unpaired) electrons. The van der Waals surface area contributed by atoms with E-state index in [1.54, 1.807) is 0 Å². The molecule has 1 fully saturated rings. The van der Waals surface area contributed by atoms with Gasteiger partial charge in [0.05, 0.1) is 0 Å². The predicted molar refractivity (Wildman–Crippen MR) is 73.7 cm³/mol. The minimum absolute atomic E-state index is 0.154. The highest BCUT2D eigenvalue weighted by atomic mass is 32.2. The Balaban J connectivity index is 2.22. The van der Waals surface area contributed by atoms with Crippen LogP contribution in [0.4, 0.5) is 5.82 Å². The van der Waals surface area contributed by atoms with Crippen LogP contribution in [0.2, 0.25) is 0 Å². The van der Waals surface area contributed by atoms with E-state index in [-0.39, 0.29) is 11.4 Å². The van der Waals surface area contributed by atoms with Gasteiger partial charge in [0.15, 0.2) is 5.82 Å². The minimum atomic E-state index is -3.77. The van der Waals surface area contributed by atoms with Crippen molar-refractivity contribution in [1.82, 2.24) is 9.29 Å². The van der Waals surface area contributed by atoms with Crippen LogP contribution in [0.3, 0.4) is 0 Å². The van der Waals surface area contributed by atoms with Gasteiger partial charge in [-0.1, -0.05) is 6.92 Å². The van der Waals surface area contributed by atoms with Crippen molar-refractivity contribution in [2.75, 3.05) is 17.8 Å². The third kappa shape index (κ3) is 3.26. The Morgan fingerprint density at radius 3 is 2.95 bits per heavy atom. The number of rotatable bonds is 4. The van der Waals surface area contributed by atoms with Crippen LogP contribution in [0, 0.1) is 5.92 Å². The Morgan fingerprint density at radius 2 is 2.30 bits per heavy atom. The Morgan fingerprint density at radius 1 is 1.55 bits per heavy atom. The monoisotopic (exact) mass is 299 g/mol. The summed E-state index contributed by atoms with van der Waals surface area (Å²) in [6.07, 6.45) is 3.15. The molecule has 0 spiro atoms. The van der Waals surface area contributed by atoms with Gasteiger partial charge in [-0.05, 0) is 30.9 Å². The zero-order valence-corrected chi connectivity index (χ0v) is 11.9. The number of aromatic carboxylic acids is 1. The van der Waals surface area contributed by atoms with E-state index in [0.717, 1.165) is 12.8 Å². The molecule has 20 heavy (non-hydrogen) atoms. The van der Waals surface area contributed by atoms with Crippen molar-refractivity contribution in [2.45, 2.75) is 19.8 Å². The highest BCUT2D eigenvalue weighted by molar-refractivity contribution is 7.90. The number of nitrogens with zero attached hydrogens (tertiary/aromatic N) is 2. The van der Waals surface area contributed by atoms with E-state index < -0.39 is 16.2 Å². The van der Waals surface area contributed by atoms with Crippen LogP contribution in [0.5, 0.6) is 0 Å². The largest absolute Gasteiger partial charge is 0.478 e. The van der Waals surface area contributed by atoms with Crippen molar-refractivity contribution < 1.29 is 18.3 Å². The van der Waals surface area contributed by atoms with E-state index in [9.17, 15) is 13.2 Å². The number of carbonyl (C=O) groups is 1. The average molecular weight is 299 g/mol. The van der Waals surface area contributed by atoms with Crippen LogP contribution in [0.25, 0.3) is 0 Å². The number of piperidine rings is 1. The summed E-state index contributed by atoms with van der Waals surface area (Å²) < 4.78 is 28.1. The standard InChI is InChI=1S/C12H17N3O4S/c1-9-4-3-7-15(8-9)20(18,19)14-11-10(12(16)17)5-2-6-13-11/h2,5-6,9H,3-4,7-8H2,1H3,(H,13,14)(H,16,17). The van der Waals surface area contributed by atoms with Crippen molar-refractivity contribution in [1.29, 1.82) is 0 Å². The lowest BCUT2D eigenvalue weighted by Gasteiger charge is -2.30. The normalized spacial score (nSPS) is 20.6. The summed E-state index contributed by atoms with van der Waals surface area (Å²) >= 11 is 0. The maximum atomic E-state index is 12.3. The van der Waals surface area contributed by atoms with Gasteiger partial charge in [-0.15, -0.1) is 0 Å². The molecule has 1 unspecified atom stereocenters. The second kappa shape index (κ2) is 5.76. The number of pyridine rings is 1. The third-order valence-electron chi connectivity index (χ3n) is 3.22. The number of aromatic nitrogens is 1. The molecule has 1 aromatic rings. The molecule has 1 aromatic heterocycles. The highest BCUT2D eigenvalue weighted by Crippen LogP contribution is 2.20. The van der Waals surface area contributed by atoms with Crippen molar-refractivity contribution >= 4 is 22.0 Å². The fraction of sp³-hybridized carbons (Fsp3) is 0.500. The minimum Gasteiger partial charge on any atom is -0.478 e. The predicted octanol–water partition coefficient (Wildman–Crippen LogP) is 1.17. The molecule has 0 amide bonds. The van der Waals surface area contributed by atoms with E-state index in [0.29, 0.717) is 19.0 Å². The SMILES string of the molecule is CC1CCCN(S(=O)(=O)Nc2ncccc2C(=O)O)C1. The first kappa shape index (κ1) is 14.7. The van der Waals surface area contributed by atoms with Crippen LogP contribution in [-0.4, -0.2) is 41.9 Å². The molecule has 0 saturated carbocycles. The number of carboxylic acids is 1. The second-order valence-corrected chi connectivity index (χ2v) is 6.59. The van der Waals surface area contributed by atoms with Crippen LogP contribution >= 0.6 is 0 Å². The summed E-state index contributed by atoms with van der Waals surface area (Å²) in [5.74, 6) is -1.08. The van der Waals surface area contributed by atoms with Crippen molar-refractivity contribution in [3.05, 3.63) is 23.9 Å². The fourth-order valence-corrected chi connectivity index (χ4v) is 3.57. The zero-order valence-electron chi connectivity index (χ0n) is 11.1. The number of nitrogens with one attached hydrogen (secondary N) is 1. The highest BCUT2D eigenvalue weighted by Gasteiger charge is 2.28. The van der Waals surface area contributed by atoms with Gasteiger partial charge < -0.3 is 5.11 Å². The van der Waals surface area contributed by atoms with Crippen LogP contribution < -0.4 is 4.72 Å². The number of carboxylic acid groups (broad SMARTS) is 1. The molecule has 1 aliphatic heterocycles. The summed E-state index contributed by atoms with van der Waals surface area (Å²) in [7, 11) is -3.77. The molecule has 2 N–H and O–H groups in total. The number of hydrogen-bond donors (Lipinski definition) is 2. The van der Waals surface area contributed by atoms with Gasteiger partial charge in [0.1, 0.15) is 5.56 Å². The van der Waals surface area contributed by atoms with E-state index in [1.165, 1.54) is 22.6 Å². The molecule has 2 rings (SSSR count). The molecule has 0 bridgehead atoms. The topological polar surface area (TPSA) is 99.6 Å². The summed E-state index contributed by atoms with van der Waals surface area (Å²) in [6.45, 7) is 2.87. The Bertz CT molecular complexity index is 602. The van der Waals surface area contributed by atoms with Gasteiger partial charge >= 0.3 is 16.2 Å². The van der Waals surface area contributed by atoms with E-state index in [1.807, 2.05) is 6.92 Å². The molecule has 0 aromatic carbocycles. The van der Waals surface area contributed by atoms with Gasteiger partial charge in [0.2, 0.25) is 0 Å². The van der Waals surface area contributed by atoms with Crippen molar-refractivity contribution in [2.24, 2.45) is 5.92 Å². The van der Waals surface area contributed by atoms with Crippen LogP contribution in [-0.2, 0) is 10.2 Å². The van der Waals surface area contributed by atoms with Gasteiger partial charge in [-0.2, -0.15) is 12.7 Å². The van der Waals surface area contributed by atoms with E-state index in [2.05, 4.69) is 9.71 Å². The summed E-state index contributed by atoms with van der Waals surface area (Å²) in [6, 6.07) is 2.76. The quantitative estimate of drug-likeness (QED) is 0.869. The Hall–Kier alpha value is -1.67. The lowest BCUT2D eigenvalue weighted by molar-refractivity contribution is 0.0697. The molecule has 7 nitrogen and oxygen atoms in total. The van der Waals surface area contributed by atoms with E-state index >= 15 is 0 Å². The zero-order chi connectivity index (χ0) is 14.8. The molecular weight excluding hydrogens is 282 g/mol. The molecule has 2 heterocycles. The first-order valence-electron chi connectivity index (χ1n) is 6.36. The van der Waals surface area contributed by atoms with Gasteiger partial charge in [0.25, 0.3) is 0 Å². The Labute approximate surface area is 117 Å². The Kier molecular flexibility index (Phi) is 4.24. The lowest BCUT2D eigenvalue weighted by Crippen LogP contribution is -2.42. The molecular formula is C12H17N3O4S. The maximum absolute atomic E-state index is 12.3. The van der Waals surface area contributed by atoms with Crippen LogP contribution in [0.1, 0.15) is 30.1 Å². The maximum Gasteiger partial charge on any atom is 0.339 e. The van der Waals surface area contributed by atoms with Crippen LogP contribution in [0.15, 0.2) is 18.3 Å². The fourth-order valence-electron chi connectivity index (χ4n) is 2.21. The lowest BCUT2D eigenvalue weighted by atomic mass is 10.0. The van der Waals surface area contributed by atoms with E-state index in [4.69, 9.17) is 5.11 Å². The summed E-state index contributed by atoms with van der Waals surface area (Å²) in [5, 5.41) is 9.03. The summed E-state index contributed by atoms with van der Waals surface area (Å²) in [4.78, 5) is 14.8. The van der Waals surface area contributed by atoms with Crippen molar-refractivity contribution in [3.63, 3.8) is 0 Å². The molecule has 1 aliphatic rings. The van der Waals surface area contributed by atoms with Gasteiger partial charge in [-0.25, -0.2) is 9.78 Å². The number of hydrogen-bond acceptors (Lipinski definition) is 4. The first-order valence-corrected chi connectivity index (χ1v) is 7.80.